The molecule has 0 aromatic heterocycles. The highest BCUT2D eigenvalue weighted by Crippen LogP contribution is 2.66. The number of aliphatic hydroxyl groups excluding tert-OH is 2. The quantitative estimate of drug-likeness (QED) is 0.178. The van der Waals surface area contributed by atoms with Crippen molar-refractivity contribution in [1.29, 1.82) is 0 Å². The average molecular weight is 486 g/mol. The smallest absolute Gasteiger partial charge is 0.387 e. The van der Waals surface area contributed by atoms with Crippen LogP contribution in [0.2, 0.25) is 0 Å². The molecule has 168 valence electrons. The maximum Gasteiger partial charge on any atom is 0.490 e. The molecule has 7 N–H and O–H groups in total. The molecule has 0 radical (unpaired) electrons. The second-order valence-electron chi connectivity index (χ2n) is 5.73. The molecule has 0 spiro atoms. The molecular formula is C9H17N2O15P3. The summed E-state index contributed by atoms with van der Waals surface area (Å²) in [5.74, 6) is -0.566. The van der Waals surface area contributed by atoms with Crippen molar-refractivity contribution in [2.75, 3.05) is 13.2 Å². The summed E-state index contributed by atoms with van der Waals surface area (Å²) in [5, 5.41) is 21.9. The van der Waals surface area contributed by atoms with Gasteiger partial charge in [0.2, 0.25) is 5.91 Å². The zero-order chi connectivity index (χ0) is 22.2. The zero-order valence-electron chi connectivity index (χ0n) is 14.1. The maximum absolute atomic E-state index is 11.8. The van der Waals surface area contributed by atoms with E-state index in [4.69, 9.17) is 19.4 Å². The van der Waals surface area contributed by atoms with E-state index in [0.29, 0.717) is 0 Å². The second kappa shape index (κ2) is 8.77. The fourth-order valence-corrected chi connectivity index (χ4v) is 5.45. The van der Waals surface area contributed by atoms with Crippen LogP contribution in [-0.4, -0.2) is 84.3 Å². The number of phosphoric ester groups is 1. The molecule has 2 rings (SSSR count). The summed E-state index contributed by atoms with van der Waals surface area (Å²) in [6.07, 6.45) is -6.56. The number of nitrogens with one attached hydrogen (secondary N) is 1. The van der Waals surface area contributed by atoms with Gasteiger partial charge in [-0.15, -0.1) is 0 Å². The van der Waals surface area contributed by atoms with Gasteiger partial charge < -0.3 is 34.5 Å². The number of urea groups is 1. The first-order valence-corrected chi connectivity index (χ1v) is 12.0. The number of carbonyl (C=O) groups is 2. The number of carbonyl (C=O) groups excluding carboxylic acids is 2. The lowest BCUT2D eigenvalue weighted by Crippen LogP contribution is -2.56. The molecular weight excluding hydrogens is 469 g/mol. The molecule has 2 unspecified atom stereocenters. The fourth-order valence-electron chi connectivity index (χ4n) is 2.42. The Hall–Kier alpha value is -0.770. The van der Waals surface area contributed by atoms with Crippen LogP contribution in [0.5, 0.6) is 0 Å². The predicted molar refractivity (Wildman–Crippen MR) is 85.4 cm³/mol. The van der Waals surface area contributed by atoms with Crippen molar-refractivity contribution < 1.29 is 71.0 Å². The van der Waals surface area contributed by atoms with Gasteiger partial charge in [0.25, 0.3) is 0 Å². The van der Waals surface area contributed by atoms with E-state index >= 15 is 0 Å². The van der Waals surface area contributed by atoms with Gasteiger partial charge in [-0.25, -0.2) is 18.5 Å². The summed E-state index contributed by atoms with van der Waals surface area (Å²) in [6.45, 7) is -1.17. The van der Waals surface area contributed by atoms with Crippen molar-refractivity contribution in [3.05, 3.63) is 0 Å². The molecule has 0 saturated carbocycles. The van der Waals surface area contributed by atoms with E-state index in [-0.39, 0.29) is 13.0 Å². The lowest BCUT2D eigenvalue weighted by molar-refractivity contribution is -0.125. The third-order valence-electron chi connectivity index (χ3n) is 3.55. The van der Waals surface area contributed by atoms with E-state index < -0.39 is 66.6 Å². The van der Waals surface area contributed by atoms with Crippen LogP contribution in [0.15, 0.2) is 0 Å². The van der Waals surface area contributed by atoms with Crippen LogP contribution in [0.4, 0.5) is 4.79 Å². The summed E-state index contributed by atoms with van der Waals surface area (Å²) in [7, 11) is -16.7. The third-order valence-corrected chi connectivity index (χ3v) is 7.35. The van der Waals surface area contributed by atoms with E-state index in [0.717, 1.165) is 4.90 Å². The van der Waals surface area contributed by atoms with E-state index in [2.05, 4.69) is 13.1 Å². The number of hydrogen-bond acceptors (Lipinski definition) is 11. The lowest BCUT2D eigenvalue weighted by Gasteiger charge is -2.32. The predicted octanol–water partition coefficient (Wildman–Crippen LogP) is -2.28. The molecule has 0 aromatic rings. The van der Waals surface area contributed by atoms with Crippen LogP contribution in [0.25, 0.3) is 0 Å². The number of rotatable bonds is 8. The SMILES string of the molecule is O=C1CCN([C@H]2O[C@H](COP(=O)(O)OP(=O)(O)OP(=O)(O)O)[C@H](O)[C@@H]2O)C(=O)N1. The van der Waals surface area contributed by atoms with Gasteiger partial charge in [0, 0.05) is 13.0 Å². The Kier molecular flexibility index (Phi) is 7.41. The van der Waals surface area contributed by atoms with Gasteiger partial charge in [0.1, 0.15) is 18.3 Å². The van der Waals surface area contributed by atoms with Crippen LogP contribution in [0, 0.1) is 0 Å². The molecule has 17 nitrogen and oxygen atoms in total. The fraction of sp³-hybridized carbons (Fsp3) is 0.778. The van der Waals surface area contributed by atoms with E-state index in [1.54, 1.807) is 0 Å². The molecule has 2 saturated heterocycles. The van der Waals surface area contributed by atoms with Crippen molar-refractivity contribution in [3.63, 3.8) is 0 Å². The molecule has 2 fully saturated rings. The van der Waals surface area contributed by atoms with E-state index in [1.165, 1.54) is 0 Å². The van der Waals surface area contributed by atoms with Gasteiger partial charge in [-0.1, -0.05) is 0 Å². The highest BCUT2D eigenvalue weighted by atomic mass is 31.3. The Morgan fingerprint density at radius 3 is 2.21 bits per heavy atom. The van der Waals surface area contributed by atoms with Crippen molar-refractivity contribution in [1.82, 2.24) is 10.2 Å². The van der Waals surface area contributed by atoms with Gasteiger partial charge in [0.15, 0.2) is 6.23 Å². The van der Waals surface area contributed by atoms with Gasteiger partial charge in [-0.2, -0.15) is 8.62 Å². The molecule has 2 aliphatic heterocycles. The Labute approximate surface area is 161 Å². The Morgan fingerprint density at radius 1 is 1.03 bits per heavy atom. The molecule has 2 heterocycles. The summed E-state index contributed by atoms with van der Waals surface area (Å²) < 4.78 is 50.0. The highest BCUT2D eigenvalue weighted by Gasteiger charge is 2.49. The van der Waals surface area contributed by atoms with Gasteiger partial charge >= 0.3 is 29.5 Å². The van der Waals surface area contributed by atoms with Crippen LogP contribution < -0.4 is 5.32 Å². The summed E-state index contributed by atoms with van der Waals surface area (Å²) in [4.78, 5) is 59.1. The van der Waals surface area contributed by atoms with Crippen molar-refractivity contribution in [2.45, 2.75) is 31.0 Å². The number of imide groups is 1. The van der Waals surface area contributed by atoms with Gasteiger partial charge in [-0.05, 0) is 0 Å². The monoisotopic (exact) mass is 486 g/mol. The second-order valence-corrected chi connectivity index (χ2v) is 10.1. The number of ether oxygens (including phenoxy) is 1. The van der Waals surface area contributed by atoms with Crippen molar-refractivity contribution in [2.24, 2.45) is 0 Å². The molecule has 2 aliphatic rings. The summed E-state index contributed by atoms with van der Waals surface area (Å²) >= 11 is 0. The molecule has 0 aliphatic carbocycles. The number of hydrogen-bond donors (Lipinski definition) is 7. The molecule has 0 aromatic carbocycles. The van der Waals surface area contributed by atoms with Gasteiger partial charge in [0.05, 0.1) is 6.61 Å². The normalized spacial score (nSPS) is 32.6. The van der Waals surface area contributed by atoms with E-state index in [9.17, 15) is 38.4 Å². The van der Waals surface area contributed by atoms with Crippen LogP contribution in [0.1, 0.15) is 6.42 Å². The lowest BCUT2D eigenvalue weighted by atomic mass is 10.1. The molecule has 20 heteroatoms. The zero-order valence-corrected chi connectivity index (χ0v) is 16.8. The first-order chi connectivity index (χ1) is 13.1. The average Bonchev–Trinajstić information content (AvgIpc) is 2.78. The largest absolute Gasteiger partial charge is 0.490 e. The minimum absolute atomic E-state index is 0.110. The standard InChI is InChI=1S/C9H17N2O15P3/c12-5-1-2-11(9(15)10-5)8-7(14)6(13)4(24-8)3-23-28(19,20)26-29(21,22)25-27(16,17)18/h4,6-8,13-14H,1-3H2,(H,19,20)(H,21,22)(H,10,12,15)(H2,16,17,18)/t4-,6+,7+,8+/m1/s1. The first-order valence-electron chi connectivity index (χ1n) is 7.51. The number of phosphoric acid groups is 3. The Morgan fingerprint density at radius 2 is 1.66 bits per heavy atom. The van der Waals surface area contributed by atoms with E-state index in [1.807, 2.05) is 5.32 Å². The van der Waals surface area contributed by atoms with Crippen LogP contribution in [-0.2, 0) is 36.4 Å². The first kappa shape index (κ1) is 24.5. The topological polar surface area (TPSA) is 259 Å². The minimum Gasteiger partial charge on any atom is -0.387 e. The molecule has 3 amide bonds. The Balaban J connectivity index is 1.97. The molecule has 0 bridgehead atoms. The number of aliphatic hydroxyl groups is 2. The number of amides is 3. The number of nitrogens with zero attached hydrogens (tertiary/aromatic N) is 1. The summed E-state index contributed by atoms with van der Waals surface area (Å²) in [6, 6.07) is -0.911. The minimum atomic E-state index is -5.72. The van der Waals surface area contributed by atoms with Gasteiger partial charge in [-0.3, -0.25) is 19.5 Å². The summed E-state index contributed by atoms with van der Waals surface area (Å²) in [5.41, 5.74) is 0. The molecule has 6 atom stereocenters. The Bertz CT molecular complexity index is 798. The van der Waals surface area contributed by atoms with Crippen LogP contribution in [0.3, 0.4) is 0 Å². The highest BCUT2D eigenvalue weighted by molar-refractivity contribution is 7.66. The molecule has 29 heavy (non-hydrogen) atoms. The van der Waals surface area contributed by atoms with Crippen molar-refractivity contribution in [3.8, 4) is 0 Å². The van der Waals surface area contributed by atoms with Crippen LogP contribution >= 0.6 is 23.5 Å². The third kappa shape index (κ3) is 6.87. The maximum atomic E-state index is 11.8. The van der Waals surface area contributed by atoms with Crippen molar-refractivity contribution >= 4 is 35.4 Å².